The van der Waals surface area contributed by atoms with E-state index in [1.807, 2.05) is 52.4 Å². The maximum absolute atomic E-state index is 13.1. The zero-order chi connectivity index (χ0) is 20.5. The molecule has 0 aromatic carbocycles. The molecule has 0 bridgehead atoms. The Morgan fingerprint density at radius 1 is 1.10 bits per heavy atom. The molecular weight excluding hydrogens is 400 g/mol. The average molecular weight is 421 g/mol. The average Bonchev–Trinajstić information content (AvgIpc) is 3.55. The van der Waals surface area contributed by atoms with E-state index in [2.05, 4.69) is 25.0 Å². The second-order valence-corrected chi connectivity index (χ2v) is 7.95. The third-order valence-corrected chi connectivity index (χ3v) is 6.06. The number of imidazole rings is 1. The number of piperazine rings is 1. The fourth-order valence-electron chi connectivity index (χ4n) is 3.56. The number of nitrogens with zero attached hydrogens (tertiary/aromatic N) is 8. The highest BCUT2D eigenvalue weighted by Gasteiger charge is 2.25. The zero-order valence-electron chi connectivity index (χ0n) is 16.4. The molecule has 0 aliphatic carbocycles. The molecule has 1 fully saturated rings. The smallest absolute Gasteiger partial charge is 0.272 e. The molecular formula is C20H20N8OS. The van der Waals surface area contributed by atoms with E-state index in [1.54, 1.807) is 34.9 Å². The van der Waals surface area contributed by atoms with E-state index < -0.39 is 0 Å². The van der Waals surface area contributed by atoms with Crippen LogP contribution in [0.5, 0.6) is 0 Å². The molecule has 0 unspecified atom stereocenters. The maximum Gasteiger partial charge on any atom is 0.272 e. The van der Waals surface area contributed by atoms with Crippen LogP contribution in [0, 0.1) is 0 Å². The van der Waals surface area contributed by atoms with E-state index in [9.17, 15) is 4.79 Å². The SMILES string of the molecule is Cn1nc(-c2cccs2)cc1C(=O)N1CCN(c2cc(-n3ccnc3)ncn2)CC1. The van der Waals surface area contributed by atoms with Gasteiger partial charge in [-0.05, 0) is 17.5 Å². The van der Waals surface area contributed by atoms with Crippen molar-refractivity contribution in [1.82, 2.24) is 34.2 Å². The summed E-state index contributed by atoms with van der Waals surface area (Å²) in [6.07, 6.45) is 6.83. The summed E-state index contributed by atoms with van der Waals surface area (Å²) in [5.41, 5.74) is 1.44. The lowest BCUT2D eigenvalue weighted by atomic mass is 10.2. The highest BCUT2D eigenvalue weighted by Crippen LogP contribution is 2.25. The van der Waals surface area contributed by atoms with Gasteiger partial charge in [0.2, 0.25) is 0 Å². The summed E-state index contributed by atoms with van der Waals surface area (Å²) in [7, 11) is 1.82. The van der Waals surface area contributed by atoms with Crippen LogP contribution >= 0.6 is 11.3 Å². The van der Waals surface area contributed by atoms with E-state index in [-0.39, 0.29) is 5.91 Å². The van der Waals surface area contributed by atoms with E-state index in [0.717, 1.165) is 22.2 Å². The Labute approximate surface area is 177 Å². The fourth-order valence-corrected chi connectivity index (χ4v) is 4.24. The van der Waals surface area contributed by atoms with Gasteiger partial charge in [-0.1, -0.05) is 6.07 Å². The molecule has 0 spiro atoms. The van der Waals surface area contributed by atoms with E-state index in [0.29, 0.717) is 31.9 Å². The number of hydrogen-bond acceptors (Lipinski definition) is 7. The minimum Gasteiger partial charge on any atom is -0.353 e. The number of carbonyl (C=O) groups is 1. The summed E-state index contributed by atoms with van der Waals surface area (Å²) >= 11 is 1.62. The molecule has 4 aromatic heterocycles. The summed E-state index contributed by atoms with van der Waals surface area (Å²) < 4.78 is 3.52. The molecule has 0 saturated carbocycles. The molecule has 0 N–H and O–H groups in total. The Morgan fingerprint density at radius 3 is 2.67 bits per heavy atom. The van der Waals surface area contributed by atoms with Crippen molar-refractivity contribution in [3.8, 4) is 16.4 Å². The molecule has 0 atom stereocenters. The van der Waals surface area contributed by atoms with Crippen molar-refractivity contribution in [2.45, 2.75) is 0 Å². The van der Waals surface area contributed by atoms with Crippen LogP contribution in [0.25, 0.3) is 16.4 Å². The largest absolute Gasteiger partial charge is 0.353 e. The number of rotatable bonds is 4. The van der Waals surface area contributed by atoms with Crippen LogP contribution in [0.2, 0.25) is 0 Å². The molecule has 30 heavy (non-hydrogen) atoms. The van der Waals surface area contributed by atoms with Crippen molar-refractivity contribution in [1.29, 1.82) is 0 Å². The number of amides is 1. The number of aryl methyl sites for hydroxylation is 1. The van der Waals surface area contributed by atoms with Crippen LogP contribution < -0.4 is 4.90 Å². The highest BCUT2D eigenvalue weighted by atomic mass is 32.1. The standard InChI is InChI=1S/C20H20N8OS/c1-25-16(11-15(24-25)17-3-2-10-30-17)20(29)27-8-6-26(7-9-27)18-12-19(23-13-22-18)28-5-4-21-14-28/h2-5,10-14H,6-9H2,1H3. The van der Waals surface area contributed by atoms with Crippen LogP contribution in [-0.4, -0.2) is 66.3 Å². The topological polar surface area (TPSA) is 85.0 Å². The molecule has 0 radical (unpaired) electrons. The predicted octanol–water partition coefficient (Wildman–Crippen LogP) is 2.09. The first-order chi connectivity index (χ1) is 14.7. The quantitative estimate of drug-likeness (QED) is 0.503. The van der Waals surface area contributed by atoms with Gasteiger partial charge in [0, 0.05) is 51.7 Å². The molecule has 152 valence electrons. The lowest BCUT2D eigenvalue weighted by molar-refractivity contribution is 0.0735. The lowest BCUT2D eigenvalue weighted by Crippen LogP contribution is -2.49. The molecule has 10 heteroatoms. The monoisotopic (exact) mass is 420 g/mol. The molecule has 1 aliphatic rings. The van der Waals surface area contributed by atoms with Crippen molar-refractivity contribution in [3.63, 3.8) is 0 Å². The molecule has 1 aliphatic heterocycles. The second-order valence-electron chi connectivity index (χ2n) is 7.00. The van der Waals surface area contributed by atoms with Crippen LogP contribution in [0.3, 0.4) is 0 Å². The number of hydrogen-bond donors (Lipinski definition) is 0. The molecule has 1 saturated heterocycles. The fraction of sp³-hybridized carbons (Fsp3) is 0.250. The summed E-state index contributed by atoms with van der Waals surface area (Å²) in [4.78, 5) is 31.0. The van der Waals surface area contributed by atoms with Crippen LogP contribution in [-0.2, 0) is 7.05 Å². The van der Waals surface area contributed by atoms with Crippen molar-refractivity contribution in [2.75, 3.05) is 31.1 Å². The second kappa shape index (κ2) is 7.71. The first-order valence-corrected chi connectivity index (χ1v) is 10.5. The Bertz CT molecular complexity index is 1140. The number of carbonyl (C=O) groups excluding carboxylic acids is 1. The van der Waals surface area contributed by atoms with Crippen LogP contribution in [0.4, 0.5) is 5.82 Å². The number of anilines is 1. The minimum absolute atomic E-state index is 0.00856. The molecule has 9 nitrogen and oxygen atoms in total. The van der Waals surface area contributed by atoms with E-state index in [4.69, 9.17) is 0 Å². The Morgan fingerprint density at radius 2 is 1.93 bits per heavy atom. The minimum atomic E-state index is 0.00856. The van der Waals surface area contributed by atoms with Crippen molar-refractivity contribution in [3.05, 3.63) is 60.4 Å². The van der Waals surface area contributed by atoms with Gasteiger partial charge in [0.15, 0.2) is 0 Å². The van der Waals surface area contributed by atoms with E-state index >= 15 is 0 Å². The third kappa shape index (κ3) is 3.45. The Hall–Kier alpha value is -3.53. The highest BCUT2D eigenvalue weighted by molar-refractivity contribution is 7.13. The summed E-state index contributed by atoms with van der Waals surface area (Å²) in [6, 6.07) is 7.82. The first kappa shape index (κ1) is 18.5. The van der Waals surface area contributed by atoms with Gasteiger partial charge >= 0.3 is 0 Å². The van der Waals surface area contributed by atoms with Gasteiger partial charge in [0.05, 0.1) is 4.88 Å². The first-order valence-electron chi connectivity index (χ1n) is 9.61. The molecule has 5 heterocycles. The van der Waals surface area contributed by atoms with Crippen LogP contribution in [0.1, 0.15) is 10.5 Å². The maximum atomic E-state index is 13.1. The van der Waals surface area contributed by atoms with Gasteiger partial charge in [-0.3, -0.25) is 14.0 Å². The molecule has 5 rings (SSSR count). The Kier molecular flexibility index (Phi) is 4.75. The number of aromatic nitrogens is 6. The molecule has 4 aromatic rings. The summed E-state index contributed by atoms with van der Waals surface area (Å²) in [5.74, 6) is 1.63. The van der Waals surface area contributed by atoms with Gasteiger partial charge in [0.1, 0.15) is 35.7 Å². The zero-order valence-corrected chi connectivity index (χ0v) is 17.2. The van der Waals surface area contributed by atoms with Crippen molar-refractivity contribution in [2.24, 2.45) is 7.05 Å². The lowest BCUT2D eigenvalue weighted by Gasteiger charge is -2.35. The van der Waals surface area contributed by atoms with Crippen LogP contribution in [0.15, 0.2) is 54.7 Å². The van der Waals surface area contributed by atoms with Crippen molar-refractivity contribution < 1.29 is 4.79 Å². The van der Waals surface area contributed by atoms with Gasteiger partial charge < -0.3 is 9.80 Å². The molecule has 1 amide bonds. The normalized spacial score (nSPS) is 14.3. The van der Waals surface area contributed by atoms with Gasteiger partial charge in [-0.2, -0.15) is 5.10 Å². The van der Waals surface area contributed by atoms with Gasteiger partial charge in [0.25, 0.3) is 5.91 Å². The third-order valence-electron chi connectivity index (χ3n) is 5.17. The summed E-state index contributed by atoms with van der Waals surface area (Å²) in [6.45, 7) is 2.68. The van der Waals surface area contributed by atoms with Gasteiger partial charge in [-0.15, -0.1) is 11.3 Å². The van der Waals surface area contributed by atoms with E-state index in [1.165, 1.54) is 0 Å². The Balaban J connectivity index is 1.27. The number of thiophene rings is 1. The summed E-state index contributed by atoms with van der Waals surface area (Å²) in [5, 5.41) is 6.52. The van der Waals surface area contributed by atoms with Gasteiger partial charge in [-0.25, -0.2) is 15.0 Å². The predicted molar refractivity (Wildman–Crippen MR) is 114 cm³/mol. The van der Waals surface area contributed by atoms with Crippen molar-refractivity contribution >= 4 is 23.1 Å².